The number of rotatable bonds is 6. The SMILES string of the molecule is COc1cccc(Oc2ccc(C(F)(F)F)cc2NC(=O)C[C@H]2C=CCC2)c1. The lowest BCUT2D eigenvalue weighted by Gasteiger charge is -2.16. The van der Waals surface area contributed by atoms with Crippen LogP contribution in [0.2, 0.25) is 0 Å². The number of methoxy groups -OCH3 is 1. The average Bonchev–Trinajstić information content (AvgIpc) is 3.15. The molecule has 1 amide bonds. The summed E-state index contributed by atoms with van der Waals surface area (Å²) in [4.78, 5) is 12.3. The van der Waals surface area contributed by atoms with Gasteiger partial charge in [0.15, 0.2) is 5.75 Å². The molecule has 1 aliphatic carbocycles. The summed E-state index contributed by atoms with van der Waals surface area (Å²) in [6.07, 6.45) is 1.42. The minimum absolute atomic E-state index is 0.0235. The van der Waals surface area contributed by atoms with Crippen molar-refractivity contribution < 1.29 is 27.4 Å². The Morgan fingerprint density at radius 3 is 2.64 bits per heavy atom. The second-order valence-electron chi connectivity index (χ2n) is 6.51. The highest BCUT2D eigenvalue weighted by Gasteiger charge is 2.31. The summed E-state index contributed by atoms with van der Waals surface area (Å²) in [5.41, 5.74) is -0.883. The van der Waals surface area contributed by atoms with E-state index in [4.69, 9.17) is 9.47 Å². The molecule has 0 bridgehead atoms. The molecule has 0 saturated heterocycles. The molecule has 0 unspecified atom stereocenters. The second-order valence-corrected chi connectivity index (χ2v) is 6.51. The van der Waals surface area contributed by atoms with Crippen molar-refractivity contribution in [3.8, 4) is 17.2 Å². The van der Waals surface area contributed by atoms with Crippen LogP contribution >= 0.6 is 0 Å². The Balaban J connectivity index is 1.85. The summed E-state index contributed by atoms with van der Waals surface area (Å²) < 4.78 is 50.2. The van der Waals surface area contributed by atoms with Gasteiger partial charge in [-0.3, -0.25) is 4.79 Å². The number of hydrogen-bond donors (Lipinski definition) is 1. The van der Waals surface area contributed by atoms with Crippen molar-refractivity contribution in [2.24, 2.45) is 5.92 Å². The molecule has 1 aliphatic rings. The molecule has 1 atom stereocenters. The molecule has 28 heavy (non-hydrogen) atoms. The largest absolute Gasteiger partial charge is 0.497 e. The van der Waals surface area contributed by atoms with E-state index in [2.05, 4.69) is 5.32 Å². The number of amides is 1. The van der Waals surface area contributed by atoms with Crippen molar-refractivity contribution in [2.75, 3.05) is 12.4 Å². The van der Waals surface area contributed by atoms with Crippen LogP contribution in [0.3, 0.4) is 0 Å². The number of halogens is 3. The number of anilines is 1. The number of nitrogens with one attached hydrogen (secondary N) is 1. The zero-order valence-corrected chi connectivity index (χ0v) is 15.3. The maximum absolute atomic E-state index is 13.1. The van der Waals surface area contributed by atoms with Crippen molar-refractivity contribution >= 4 is 11.6 Å². The number of carbonyl (C=O) groups excluding carboxylic acids is 1. The van der Waals surface area contributed by atoms with Gasteiger partial charge in [0.05, 0.1) is 18.4 Å². The van der Waals surface area contributed by atoms with Crippen LogP contribution in [0.25, 0.3) is 0 Å². The summed E-state index contributed by atoms with van der Waals surface area (Å²) >= 11 is 0. The first kappa shape index (κ1) is 19.8. The third-order valence-electron chi connectivity index (χ3n) is 4.41. The number of carbonyl (C=O) groups is 1. The van der Waals surface area contributed by atoms with Crippen LogP contribution in [-0.4, -0.2) is 13.0 Å². The lowest BCUT2D eigenvalue weighted by Crippen LogP contribution is -2.16. The molecule has 148 valence electrons. The molecule has 2 aromatic rings. The molecule has 1 N–H and O–H groups in total. The van der Waals surface area contributed by atoms with Crippen molar-refractivity contribution in [3.05, 3.63) is 60.2 Å². The second kappa shape index (κ2) is 8.37. The summed E-state index contributed by atoms with van der Waals surface area (Å²) in [5, 5.41) is 2.57. The normalized spacial score (nSPS) is 16.1. The fraction of sp³-hybridized carbons (Fsp3) is 0.286. The summed E-state index contributed by atoms with van der Waals surface area (Å²) in [7, 11) is 1.50. The van der Waals surface area contributed by atoms with Crippen LogP contribution < -0.4 is 14.8 Å². The zero-order valence-electron chi connectivity index (χ0n) is 15.3. The van der Waals surface area contributed by atoms with Crippen LogP contribution in [0.4, 0.5) is 18.9 Å². The molecule has 7 heteroatoms. The number of benzene rings is 2. The highest BCUT2D eigenvalue weighted by atomic mass is 19.4. The fourth-order valence-corrected chi connectivity index (χ4v) is 2.99. The highest BCUT2D eigenvalue weighted by molar-refractivity contribution is 5.92. The summed E-state index contributed by atoms with van der Waals surface area (Å²) in [5.74, 6) is 0.799. The molecule has 0 radical (unpaired) electrons. The van der Waals surface area contributed by atoms with E-state index in [-0.39, 0.29) is 29.7 Å². The minimum atomic E-state index is -4.53. The van der Waals surface area contributed by atoms with Gasteiger partial charge in [0.1, 0.15) is 11.5 Å². The maximum atomic E-state index is 13.1. The topological polar surface area (TPSA) is 47.6 Å². The first-order valence-corrected chi connectivity index (χ1v) is 8.85. The number of ether oxygens (including phenoxy) is 2. The van der Waals surface area contributed by atoms with E-state index < -0.39 is 11.7 Å². The molecule has 2 aromatic carbocycles. The summed E-state index contributed by atoms with van der Waals surface area (Å²) in [6.45, 7) is 0. The van der Waals surface area contributed by atoms with Crippen molar-refractivity contribution in [2.45, 2.75) is 25.4 Å². The number of alkyl halides is 3. The van der Waals surface area contributed by atoms with Crippen LogP contribution in [0.15, 0.2) is 54.6 Å². The van der Waals surface area contributed by atoms with E-state index in [0.29, 0.717) is 11.5 Å². The molecule has 3 rings (SSSR count). The van der Waals surface area contributed by atoms with Crippen molar-refractivity contribution in [1.29, 1.82) is 0 Å². The Labute approximate surface area is 161 Å². The van der Waals surface area contributed by atoms with Gasteiger partial charge in [-0.1, -0.05) is 18.2 Å². The van der Waals surface area contributed by atoms with Crippen LogP contribution in [0.5, 0.6) is 17.2 Å². The minimum Gasteiger partial charge on any atom is -0.497 e. The van der Waals surface area contributed by atoms with E-state index in [1.54, 1.807) is 24.3 Å². The van der Waals surface area contributed by atoms with E-state index in [9.17, 15) is 18.0 Å². The van der Waals surface area contributed by atoms with Crippen molar-refractivity contribution in [1.82, 2.24) is 0 Å². The Kier molecular flexibility index (Phi) is 5.92. The van der Waals surface area contributed by atoms with Gasteiger partial charge in [0, 0.05) is 12.5 Å². The van der Waals surface area contributed by atoms with E-state index in [1.807, 2.05) is 12.2 Å². The lowest BCUT2D eigenvalue weighted by molar-refractivity contribution is -0.137. The average molecular weight is 391 g/mol. The lowest BCUT2D eigenvalue weighted by atomic mass is 10.0. The van der Waals surface area contributed by atoms with Gasteiger partial charge in [-0.25, -0.2) is 0 Å². The summed E-state index contributed by atoms with van der Waals surface area (Å²) in [6, 6.07) is 9.68. The van der Waals surface area contributed by atoms with E-state index in [0.717, 1.165) is 25.0 Å². The van der Waals surface area contributed by atoms with Gasteiger partial charge in [0.2, 0.25) is 5.91 Å². The van der Waals surface area contributed by atoms with Gasteiger partial charge in [0.25, 0.3) is 0 Å². The fourth-order valence-electron chi connectivity index (χ4n) is 2.99. The Morgan fingerprint density at radius 1 is 1.18 bits per heavy atom. The first-order valence-electron chi connectivity index (χ1n) is 8.85. The Morgan fingerprint density at radius 2 is 1.96 bits per heavy atom. The molecule has 0 saturated carbocycles. The number of hydrogen-bond acceptors (Lipinski definition) is 3. The zero-order chi connectivity index (χ0) is 20.1. The van der Waals surface area contributed by atoms with Gasteiger partial charge in [-0.05, 0) is 49.1 Å². The monoisotopic (exact) mass is 391 g/mol. The third kappa shape index (κ3) is 5.06. The first-order chi connectivity index (χ1) is 13.3. The van der Waals surface area contributed by atoms with Crippen LogP contribution in [0.1, 0.15) is 24.8 Å². The van der Waals surface area contributed by atoms with Gasteiger partial charge in [-0.2, -0.15) is 13.2 Å². The van der Waals surface area contributed by atoms with Crippen molar-refractivity contribution in [3.63, 3.8) is 0 Å². The quantitative estimate of drug-likeness (QED) is 0.633. The molecule has 0 aliphatic heterocycles. The molecule has 0 fully saturated rings. The molecule has 0 heterocycles. The predicted molar refractivity (Wildman–Crippen MR) is 99.6 cm³/mol. The molecule has 0 spiro atoms. The Bertz CT molecular complexity index is 877. The molecule has 0 aromatic heterocycles. The smallest absolute Gasteiger partial charge is 0.416 e. The predicted octanol–water partition coefficient (Wildman–Crippen LogP) is 5.80. The van der Waals surface area contributed by atoms with Gasteiger partial charge in [-0.15, -0.1) is 0 Å². The van der Waals surface area contributed by atoms with Crippen LogP contribution in [-0.2, 0) is 11.0 Å². The van der Waals surface area contributed by atoms with Gasteiger partial charge < -0.3 is 14.8 Å². The molecular formula is C21H20F3NO3. The molecular weight excluding hydrogens is 371 g/mol. The molecule has 4 nitrogen and oxygen atoms in total. The van der Waals surface area contributed by atoms with E-state index in [1.165, 1.54) is 13.2 Å². The third-order valence-corrected chi connectivity index (χ3v) is 4.41. The maximum Gasteiger partial charge on any atom is 0.416 e. The standard InChI is InChI=1S/C21H20F3NO3/c1-27-16-7-4-8-17(13-16)28-19-10-9-15(21(22,23)24)12-18(19)25-20(26)11-14-5-2-3-6-14/h2,4-5,7-10,12-14H,3,6,11H2,1H3,(H,25,26)/t14-/m0/s1. The highest BCUT2D eigenvalue weighted by Crippen LogP contribution is 2.37. The van der Waals surface area contributed by atoms with Crippen LogP contribution in [0, 0.1) is 5.92 Å². The van der Waals surface area contributed by atoms with Gasteiger partial charge >= 0.3 is 6.18 Å². The number of allylic oxidation sites excluding steroid dienone is 2. The van der Waals surface area contributed by atoms with E-state index >= 15 is 0 Å². The Hall–Kier alpha value is -2.96.